The average molecular weight is 342 g/mol. The molecule has 6 heteroatoms. The fourth-order valence-electron chi connectivity index (χ4n) is 3.72. The van der Waals surface area contributed by atoms with E-state index in [1.165, 1.54) is 19.3 Å². The van der Waals surface area contributed by atoms with Gasteiger partial charge in [0.2, 0.25) is 0 Å². The van der Waals surface area contributed by atoms with E-state index in [9.17, 15) is 4.79 Å². The molecule has 1 saturated carbocycles. The van der Waals surface area contributed by atoms with E-state index in [2.05, 4.69) is 29.3 Å². The van der Waals surface area contributed by atoms with Crippen LogP contribution in [0.3, 0.4) is 0 Å². The zero-order valence-electron chi connectivity index (χ0n) is 15.0. The Bertz CT molecular complexity index is 674. The van der Waals surface area contributed by atoms with Crippen LogP contribution in [0.1, 0.15) is 42.5 Å². The van der Waals surface area contributed by atoms with Crippen molar-refractivity contribution in [1.29, 1.82) is 0 Å². The molecule has 25 heavy (non-hydrogen) atoms. The molecule has 3 rings (SSSR count). The maximum Gasteiger partial charge on any atom is 0.338 e. The largest absolute Gasteiger partial charge is 0.461 e. The first-order valence-corrected chi connectivity index (χ1v) is 8.87. The number of esters is 1. The molecule has 0 spiro atoms. The van der Waals surface area contributed by atoms with E-state index >= 15 is 0 Å². The van der Waals surface area contributed by atoms with Crippen molar-refractivity contribution in [3.05, 3.63) is 42.2 Å². The Labute approximate surface area is 148 Å². The highest BCUT2D eigenvalue weighted by atomic mass is 16.5. The van der Waals surface area contributed by atoms with Crippen molar-refractivity contribution < 1.29 is 9.53 Å². The van der Waals surface area contributed by atoms with E-state index in [0.717, 1.165) is 25.1 Å². The van der Waals surface area contributed by atoms with Crippen molar-refractivity contribution in [3.8, 4) is 5.69 Å². The second kappa shape index (κ2) is 7.78. The molecular weight excluding hydrogens is 316 g/mol. The molecule has 1 aromatic carbocycles. The number of rotatable bonds is 6. The predicted molar refractivity (Wildman–Crippen MR) is 95.7 cm³/mol. The Balaban J connectivity index is 1.63. The summed E-state index contributed by atoms with van der Waals surface area (Å²) in [7, 11) is 4.17. The van der Waals surface area contributed by atoms with Crippen LogP contribution in [-0.4, -0.2) is 53.1 Å². The lowest BCUT2D eigenvalue weighted by atomic mass is 9.74. The summed E-state index contributed by atoms with van der Waals surface area (Å²) in [5, 5.41) is 7.73. The second-order valence-corrected chi connectivity index (χ2v) is 7.27. The third-order valence-electron chi connectivity index (χ3n) is 4.87. The summed E-state index contributed by atoms with van der Waals surface area (Å²) in [6.45, 7) is 1.46. The number of carbonyl (C=O) groups excluding carboxylic acids is 1. The van der Waals surface area contributed by atoms with Crippen LogP contribution in [-0.2, 0) is 4.74 Å². The van der Waals surface area contributed by atoms with E-state index in [-0.39, 0.29) is 11.4 Å². The summed E-state index contributed by atoms with van der Waals surface area (Å²) >= 11 is 0. The predicted octanol–water partition coefficient (Wildman–Crippen LogP) is 2.94. The number of aromatic nitrogens is 3. The van der Waals surface area contributed by atoms with Gasteiger partial charge in [-0.05, 0) is 51.2 Å². The number of ether oxygens (including phenoxy) is 1. The monoisotopic (exact) mass is 342 g/mol. The lowest BCUT2D eigenvalue weighted by Crippen LogP contribution is -2.40. The van der Waals surface area contributed by atoms with Crippen LogP contribution in [0.25, 0.3) is 5.69 Å². The van der Waals surface area contributed by atoms with Crippen molar-refractivity contribution >= 4 is 5.97 Å². The maximum absolute atomic E-state index is 12.4. The number of hydrogen-bond acceptors (Lipinski definition) is 5. The number of nitrogens with zero attached hydrogens (tertiary/aromatic N) is 4. The van der Waals surface area contributed by atoms with E-state index in [1.807, 2.05) is 12.1 Å². The van der Waals surface area contributed by atoms with Crippen molar-refractivity contribution in [2.45, 2.75) is 32.1 Å². The highest BCUT2D eigenvalue weighted by Crippen LogP contribution is 2.37. The van der Waals surface area contributed by atoms with Crippen molar-refractivity contribution in [1.82, 2.24) is 19.9 Å². The van der Waals surface area contributed by atoms with Gasteiger partial charge in [-0.25, -0.2) is 9.48 Å². The van der Waals surface area contributed by atoms with Crippen LogP contribution >= 0.6 is 0 Å². The molecule has 0 saturated heterocycles. The zero-order valence-corrected chi connectivity index (χ0v) is 15.0. The Kier molecular flexibility index (Phi) is 5.48. The van der Waals surface area contributed by atoms with Gasteiger partial charge in [0.1, 0.15) is 0 Å². The van der Waals surface area contributed by atoms with Crippen LogP contribution < -0.4 is 0 Å². The molecule has 0 N–H and O–H groups in total. The molecule has 0 aliphatic heterocycles. The van der Waals surface area contributed by atoms with Crippen LogP contribution in [0.2, 0.25) is 0 Å². The average Bonchev–Trinajstić information content (AvgIpc) is 3.15. The van der Waals surface area contributed by atoms with Gasteiger partial charge in [-0.2, -0.15) is 0 Å². The molecular formula is C19H26N4O2. The molecule has 0 atom stereocenters. The maximum atomic E-state index is 12.4. The quantitative estimate of drug-likeness (QED) is 0.756. The van der Waals surface area contributed by atoms with E-state index in [4.69, 9.17) is 4.74 Å². The van der Waals surface area contributed by atoms with E-state index < -0.39 is 0 Å². The second-order valence-electron chi connectivity index (χ2n) is 7.27. The molecule has 1 aliphatic carbocycles. The molecule has 0 amide bonds. The van der Waals surface area contributed by atoms with Crippen LogP contribution in [0.15, 0.2) is 36.7 Å². The van der Waals surface area contributed by atoms with Gasteiger partial charge < -0.3 is 9.64 Å². The molecule has 1 fully saturated rings. The third-order valence-corrected chi connectivity index (χ3v) is 4.87. The van der Waals surface area contributed by atoms with E-state index in [1.54, 1.807) is 29.2 Å². The lowest BCUT2D eigenvalue weighted by Gasteiger charge is -2.38. The summed E-state index contributed by atoms with van der Waals surface area (Å²) in [5.41, 5.74) is 1.53. The highest BCUT2D eigenvalue weighted by molar-refractivity contribution is 5.89. The van der Waals surface area contributed by atoms with Gasteiger partial charge in [0.25, 0.3) is 0 Å². The van der Waals surface area contributed by atoms with Gasteiger partial charge in [0.05, 0.1) is 30.3 Å². The van der Waals surface area contributed by atoms with Crippen LogP contribution in [0.4, 0.5) is 0 Å². The SMILES string of the molecule is CN(C)CC1(COC(=O)c2ccc(-n3ccnn3)cc2)CCCCC1. The van der Waals surface area contributed by atoms with Gasteiger partial charge in [0.15, 0.2) is 0 Å². The Hall–Kier alpha value is -2.21. The summed E-state index contributed by atoms with van der Waals surface area (Å²) in [5.74, 6) is -0.256. The smallest absolute Gasteiger partial charge is 0.338 e. The summed E-state index contributed by atoms with van der Waals surface area (Å²) < 4.78 is 7.36. The van der Waals surface area contributed by atoms with Crippen LogP contribution in [0.5, 0.6) is 0 Å². The zero-order chi connectivity index (χ0) is 17.7. The van der Waals surface area contributed by atoms with Crippen molar-refractivity contribution in [2.75, 3.05) is 27.2 Å². The molecule has 1 aromatic heterocycles. The Morgan fingerprint density at radius 2 is 1.92 bits per heavy atom. The lowest BCUT2D eigenvalue weighted by molar-refractivity contribution is 0.00871. The third kappa shape index (κ3) is 4.45. The minimum Gasteiger partial charge on any atom is -0.461 e. The first-order valence-electron chi connectivity index (χ1n) is 8.87. The Morgan fingerprint density at radius 3 is 2.52 bits per heavy atom. The fourth-order valence-corrected chi connectivity index (χ4v) is 3.72. The molecule has 0 unspecified atom stereocenters. The molecule has 0 radical (unpaired) electrons. The van der Waals surface area contributed by atoms with Gasteiger partial charge in [-0.1, -0.05) is 24.5 Å². The summed E-state index contributed by atoms with van der Waals surface area (Å²) in [6.07, 6.45) is 9.37. The van der Waals surface area contributed by atoms with Crippen molar-refractivity contribution in [3.63, 3.8) is 0 Å². The summed E-state index contributed by atoms with van der Waals surface area (Å²) in [4.78, 5) is 14.6. The molecule has 1 heterocycles. The molecule has 134 valence electrons. The van der Waals surface area contributed by atoms with Gasteiger partial charge in [-0.15, -0.1) is 5.10 Å². The minimum atomic E-state index is -0.256. The van der Waals surface area contributed by atoms with Gasteiger partial charge >= 0.3 is 5.97 Å². The molecule has 1 aliphatic rings. The minimum absolute atomic E-state index is 0.0953. The molecule has 6 nitrogen and oxygen atoms in total. The van der Waals surface area contributed by atoms with Crippen LogP contribution in [0, 0.1) is 5.41 Å². The van der Waals surface area contributed by atoms with E-state index in [0.29, 0.717) is 12.2 Å². The highest BCUT2D eigenvalue weighted by Gasteiger charge is 2.34. The standard InChI is InChI=1S/C19H26N4O2/c1-22(2)14-19(10-4-3-5-11-19)15-25-18(24)16-6-8-17(9-7-16)23-13-12-20-21-23/h6-9,12-13H,3-5,10-11,14-15H2,1-2H3. The molecule has 0 bridgehead atoms. The fraction of sp³-hybridized carbons (Fsp3) is 0.526. The summed E-state index contributed by atoms with van der Waals surface area (Å²) in [6, 6.07) is 7.25. The molecule has 2 aromatic rings. The number of benzene rings is 1. The van der Waals surface area contributed by atoms with Gasteiger partial charge in [-0.3, -0.25) is 0 Å². The normalized spacial score (nSPS) is 16.8. The number of carbonyl (C=O) groups is 1. The first kappa shape index (κ1) is 17.6. The first-order chi connectivity index (χ1) is 12.1. The van der Waals surface area contributed by atoms with Gasteiger partial charge in [0, 0.05) is 12.0 Å². The van der Waals surface area contributed by atoms with Crippen molar-refractivity contribution in [2.24, 2.45) is 5.41 Å². The Morgan fingerprint density at radius 1 is 1.20 bits per heavy atom. The number of hydrogen-bond donors (Lipinski definition) is 0. The topological polar surface area (TPSA) is 60.2 Å².